The zero-order chi connectivity index (χ0) is 17.7. The van der Waals surface area contributed by atoms with Gasteiger partial charge in [0.1, 0.15) is 0 Å². The number of carbonyl (C=O) groups is 2. The summed E-state index contributed by atoms with van der Waals surface area (Å²) in [5.41, 5.74) is 6.43. The molecular weight excluding hydrogens is 310 g/mol. The quantitative estimate of drug-likeness (QED) is 0.705. The van der Waals surface area contributed by atoms with Crippen molar-refractivity contribution in [3.05, 3.63) is 27.9 Å². The minimum atomic E-state index is -0.377. The lowest BCUT2D eigenvalue weighted by Gasteiger charge is -2.31. The number of primary amides is 1. The smallest absolute Gasteiger partial charge is 0.348 e. The van der Waals surface area contributed by atoms with Gasteiger partial charge >= 0.3 is 5.69 Å². The number of nitrogens with two attached hydrogens (primary N) is 1. The van der Waals surface area contributed by atoms with E-state index in [-0.39, 0.29) is 30.0 Å². The first-order chi connectivity index (χ1) is 11.4. The Balaban J connectivity index is 1.85. The van der Waals surface area contributed by atoms with E-state index >= 15 is 0 Å². The van der Waals surface area contributed by atoms with E-state index in [4.69, 9.17) is 5.73 Å². The summed E-state index contributed by atoms with van der Waals surface area (Å²) in [5, 5.41) is 2.87. The maximum atomic E-state index is 12.3. The van der Waals surface area contributed by atoms with Crippen LogP contribution >= 0.6 is 0 Å². The average Bonchev–Trinajstić information content (AvgIpc) is 2.49. The molecule has 2 rings (SSSR count). The number of carbonyl (C=O) groups excluding carboxylic acids is 2. The predicted molar refractivity (Wildman–Crippen MR) is 89.3 cm³/mol. The standard InChI is InChI=1S/C16H25N5O3/c1-11-8-12(2)21(16(24)19-11)7-5-18-15(23)13-4-3-6-20(9-13)10-14(17)22/h8,13H,3-7,9-10H2,1-2H3,(H2,17,22)(H,18,23). The zero-order valence-corrected chi connectivity index (χ0v) is 14.2. The van der Waals surface area contributed by atoms with Gasteiger partial charge in [-0.1, -0.05) is 0 Å². The number of hydrogen-bond donors (Lipinski definition) is 2. The van der Waals surface area contributed by atoms with E-state index in [2.05, 4.69) is 10.3 Å². The van der Waals surface area contributed by atoms with Crippen molar-refractivity contribution in [3.8, 4) is 0 Å². The van der Waals surface area contributed by atoms with Gasteiger partial charge in [0.2, 0.25) is 11.8 Å². The molecule has 0 aromatic carbocycles. The summed E-state index contributed by atoms with van der Waals surface area (Å²) >= 11 is 0. The van der Waals surface area contributed by atoms with E-state index in [1.54, 1.807) is 11.5 Å². The Morgan fingerprint density at radius 3 is 2.83 bits per heavy atom. The third kappa shape index (κ3) is 4.89. The van der Waals surface area contributed by atoms with E-state index in [1.807, 2.05) is 17.9 Å². The number of rotatable bonds is 6. The van der Waals surface area contributed by atoms with Crippen molar-refractivity contribution in [2.24, 2.45) is 11.7 Å². The Morgan fingerprint density at radius 2 is 2.17 bits per heavy atom. The molecule has 2 amide bonds. The molecule has 1 saturated heterocycles. The molecular formula is C16H25N5O3. The minimum absolute atomic E-state index is 0.0463. The van der Waals surface area contributed by atoms with E-state index in [1.165, 1.54) is 0 Å². The van der Waals surface area contributed by atoms with Gasteiger partial charge in [0.15, 0.2) is 0 Å². The summed E-state index contributed by atoms with van der Waals surface area (Å²) in [7, 11) is 0. The Hall–Kier alpha value is -2.22. The number of nitrogens with one attached hydrogen (secondary N) is 1. The highest BCUT2D eigenvalue weighted by molar-refractivity contribution is 5.79. The lowest BCUT2D eigenvalue weighted by Crippen LogP contribution is -2.46. The van der Waals surface area contributed by atoms with Crippen LogP contribution < -0.4 is 16.7 Å². The van der Waals surface area contributed by atoms with Crippen LogP contribution in [0.15, 0.2) is 10.9 Å². The molecule has 1 fully saturated rings. The van der Waals surface area contributed by atoms with Crippen LogP contribution in [0.1, 0.15) is 24.2 Å². The van der Waals surface area contributed by atoms with Crippen LogP contribution in [-0.2, 0) is 16.1 Å². The minimum Gasteiger partial charge on any atom is -0.369 e. The van der Waals surface area contributed by atoms with Gasteiger partial charge in [-0.2, -0.15) is 4.98 Å². The van der Waals surface area contributed by atoms with Crippen LogP contribution in [0.25, 0.3) is 0 Å². The van der Waals surface area contributed by atoms with Gasteiger partial charge in [-0.3, -0.25) is 19.1 Å². The molecule has 0 saturated carbocycles. The zero-order valence-electron chi connectivity index (χ0n) is 14.2. The molecule has 8 nitrogen and oxygen atoms in total. The first kappa shape index (κ1) is 18.1. The number of amides is 2. The molecule has 2 heterocycles. The van der Waals surface area contributed by atoms with Crippen LogP contribution in [-0.4, -0.2) is 52.4 Å². The van der Waals surface area contributed by atoms with Crippen LogP contribution in [0.3, 0.4) is 0 Å². The Bertz CT molecular complexity index is 670. The second kappa shape index (κ2) is 8.05. The normalized spacial score (nSPS) is 18.3. The Morgan fingerprint density at radius 1 is 1.42 bits per heavy atom. The lowest BCUT2D eigenvalue weighted by molar-refractivity contribution is -0.128. The largest absolute Gasteiger partial charge is 0.369 e. The molecule has 8 heteroatoms. The SMILES string of the molecule is Cc1cc(C)n(CCNC(=O)C2CCCN(CC(N)=O)C2)c(=O)n1. The van der Waals surface area contributed by atoms with Crippen LogP contribution in [0, 0.1) is 19.8 Å². The maximum absolute atomic E-state index is 12.3. The third-order valence-electron chi connectivity index (χ3n) is 4.24. The van der Waals surface area contributed by atoms with E-state index in [9.17, 15) is 14.4 Å². The molecule has 3 N–H and O–H groups in total. The second-order valence-electron chi connectivity index (χ2n) is 6.30. The monoisotopic (exact) mass is 335 g/mol. The number of hydrogen-bond acceptors (Lipinski definition) is 5. The molecule has 1 atom stereocenters. The molecule has 0 bridgehead atoms. The summed E-state index contributed by atoms with van der Waals surface area (Å²) in [6.07, 6.45) is 1.66. The third-order valence-corrected chi connectivity index (χ3v) is 4.24. The van der Waals surface area contributed by atoms with Gasteiger partial charge in [-0.15, -0.1) is 0 Å². The second-order valence-corrected chi connectivity index (χ2v) is 6.30. The van der Waals surface area contributed by atoms with E-state index < -0.39 is 0 Å². The molecule has 1 unspecified atom stereocenters. The highest BCUT2D eigenvalue weighted by Crippen LogP contribution is 2.16. The van der Waals surface area contributed by atoms with Gasteiger partial charge in [0.05, 0.1) is 12.5 Å². The molecule has 24 heavy (non-hydrogen) atoms. The molecule has 1 aliphatic heterocycles. The van der Waals surface area contributed by atoms with Crippen LogP contribution in [0.4, 0.5) is 0 Å². The topological polar surface area (TPSA) is 110 Å². The van der Waals surface area contributed by atoms with E-state index in [0.29, 0.717) is 25.3 Å². The lowest BCUT2D eigenvalue weighted by atomic mass is 9.97. The number of likely N-dealkylation sites (tertiary alicyclic amines) is 1. The van der Waals surface area contributed by atoms with Gasteiger partial charge < -0.3 is 11.1 Å². The van der Waals surface area contributed by atoms with E-state index in [0.717, 1.165) is 25.1 Å². The highest BCUT2D eigenvalue weighted by Gasteiger charge is 2.26. The first-order valence-corrected chi connectivity index (χ1v) is 8.20. The summed E-state index contributed by atoms with van der Waals surface area (Å²) < 4.78 is 1.55. The highest BCUT2D eigenvalue weighted by atomic mass is 16.2. The Labute approximate surface area is 141 Å². The van der Waals surface area contributed by atoms with Crippen LogP contribution in [0.2, 0.25) is 0 Å². The molecule has 0 radical (unpaired) electrons. The molecule has 0 spiro atoms. The number of aryl methyl sites for hydroxylation is 2. The number of piperidine rings is 1. The van der Waals surface area contributed by atoms with Gasteiger partial charge in [0.25, 0.3) is 0 Å². The summed E-state index contributed by atoms with van der Waals surface area (Å²) in [6.45, 7) is 5.91. The number of nitrogens with zero attached hydrogens (tertiary/aromatic N) is 3. The molecule has 1 aliphatic rings. The fourth-order valence-electron chi connectivity index (χ4n) is 3.12. The van der Waals surface area contributed by atoms with Crippen molar-refractivity contribution in [2.45, 2.75) is 33.2 Å². The first-order valence-electron chi connectivity index (χ1n) is 8.20. The summed E-state index contributed by atoms with van der Waals surface area (Å²) in [5.74, 6) is -0.570. The van der Waals surface area contributed by atoms with Gasteiger partial charge in [-0.05, 0) is 39.3 Å². The summed E-state index contributed by atoms with van der Waals surface area (Å²) in [4.78, 5) is 41.0. The van der Waals surface area contributed by atoms with Gasteiger partial charge in [0, 0.05) is 31.0 Å². The fraction of sp³-hybridized carbons (Fsp3) is 0.625. The molecule has 0 aliphatic carbocycles. The van der Waals surface area contributed by atoms with Gasteiger partial charge in [-0.25, -0.2) is 4.79 Å². The van der Waals surface area contributed by atoms with Crippen molar-refractivity contribution in [2.75, 3.05) is 26.2 Å². The number of aromatic nitrogens is 2. The Kier molecular flexibility index (Phi) is 6.08. The molecule has 1 aromatic rings. The maximum Gasteiger partial charge on any atom is 0.348 e. The summed E-state index contributed by atoms with van der Waals surface area (Å²) in [6, 6.07) is 1.84. The van der Waals surface area contributed by atoms with Crippen molar-refractivity contribution in [1.29, 1.82) is 0 Å². The van der Waals surface area contributed by atoms with Crippen molar-refractivity contribution < 1.29 is 9.59 Å². The molecule has 1 aromatic heterocycles. The molecule has 132 valence electrons. The predicted octanol–water partition coefficient (Wildman–Crippen LogP) is -0.826. The van der Waals surface area contributed by atoms with Crippen molar-refractivity contribution in [3.63, 3.8) is 0 Å². The van der Waals surface area contributed by atoms with Crippen LogP contribution in [0.5, 0.6) is 0 Å². The average molecular weight is 335 g/mol. The van der Waals surface area contributed by atoms with Crippen molar-refractivity contribution >= 4 is 11.8 Å². The fourth-order valence-corrected chi connectivity index (χ4v) is 3.12. The van der Waals surface area contributed by atoms with Crippen molar-refractivity contribution in [1.82, 2.24) is 19.8 Å².